The van der Waals surface area contributed by atoms with Gasteiger partial charge in [-0.05, 0) is 43.7 Å². The summed E-state index contributed by atoms with van der Waals surface area (Å²) in [4.78, 5) is 26.8. The number of carbonyl (C=O) groups excluding carboxylic acids is 2. The van der Waals surface area contributed by atoms with Crippen molar-refractivity contribution in [3.05, 3.63) is 48.0 Å². The molecule has 27 heavy (non-hydrogen) atoms. The molecule has 2 aromatic rings. The van der Waals surface area contributed by atoms with E-state index in [-0.39, 0.29) is 12.5 Å². The van der Waals surface area contributed by atoms with Crippen LogP contribution in [0.3, 0.4) is 0 Å². The number of thioether (sulfide) groups is 1. The lowest BCUT2D eigenvalue weighted by molar-refractivity contribution is -0.120. The van der Waals surface area contributed by atoms with Gasteiger partial charge in [-0.1, -0.05) is 19.1 Å². The molecule has 1 atom stereocenters. The van der Waals surface area contributed by atoms with Crippen molar-refractivity contribution in [2.24, 2.45) is 0 Å². The molecule has 6 heteroatoms. The summed E-state index contributed by atoms with van der Waals surface area (Å²) in [5.41, 5.74) is 1.44. The molecule has 5 nitrogen and oxygen atoms in total. The van der Waals surface area contributed by atoms with Gasteiger partial charge < -0.3 is 14.4 Å². The SMILES string of the molecule is CCOc1cc(C=O)ccc1OCC(=O)N1CC[C@H](C)Sc2ccccc21. The van der Waals surface area contributed by atoms with Gasteiger partial charge in [-0.15, -0.1) is 11.8 Å². The molecule has 0 saturated heterocycles. The summed E-state index contributed by atoms with van der Waals surface area (Å²) in [5, 5.41) is 0.449. The molecule has 0 radical (unpaired) electrons. The molecule has 1 aliphatic heterocycles. The molecule has 2 aromatic carbocycles. The van der Waals surface area contributed by atoms with Gasteiger partial charge in [0.1, 0.15) is 6.29 Å². The first-order chi connectivity index (χ1) is 13.1. The Labute approximate surface area is 163 Å². The van der Waals surface area contributed by atoms with Gasteiger partial charge in [-0.2, -0.15) is 0 Å². The van der Waals surface area contributed by atoms with E-state index in [1.54, 1.807) is 34.9 Å². The molecule has 1 heterocycles. The monoisotopic (exact) mass is 385 g/mol. The largest absolute Gasteiger partial charge is 0.490 e. The molecule has 0 saturated carbocycles. The van der Waals surface area contributed by atoms with Gasteiger partial charge in [0.05, 0.1) is 12.3 Å². The van der Waals surface area contributed by atoms with Gasteiger partial charge in [-0.25, -0.2) is 0 Å². The minimum absolute atomic E-state index is 0.0894. The van der Waals surface area contributed by atoms with Gasteiger partial charge >= 0.3 is 0 Å². The van der Waals surface area contributed by atoms with Crippen LogP contribution in [-0.4, -0.2) is 37.2 Å². The maximum Gasteiger partial charge on any atom is 0.264 e. The summed E-state index contributed by atoms with van der Waals surface area (Å²) in [6.45, 7) is 5.05. The van der Waals surface area contributed by atoms with Gasteiger partial charge in [0.15, 0.2) is 18.1 Å². The lowest BCUT2D eigenvalue weighted by Gasteiger charge is -2.23. The van der Waals surface area contributed by atoms with Gasteiger partial charge in [-0.3, -0.25) is 9.59 Å². The lowest BCUT2D eigenvalue weighted by Crippen LogP contribution is -2.36. The Hall–Kier alpha value is -2.47. The van der Waals surface area contributed by atoms with Crippen LogP contribution < -0.4 is 14.4 Å². The summed E-state index contributed by atoms with van der Waals surface area (Å²) in [6, 6.07) is 12.9. The van der Waals surface area contributed by atoms with Crippen molar-refractivity contribution in [2.75, 3.05) is 24.7 Å². The predicted molar refractivity (Wildman–Crippen MR) is 107 cm³/mol. The van der Waals surface area contributed by atoms with E-state index in [9.17, 15) is 9.59 Å². The highest BCUT2D eigenvalue weighted by atomic mass is 32.2. The molecule has 0 aromatic heterocycles. The van der Waals surface area contributed by atoms with Crippen molar-refractivity contribution in [3.63, 3.8) is 0 Å². The van der Waals surface area contributed by atoms with Crippen LogP contribution in [0.5, 0.6) is 11.5 Å². The fourth-order valence-corrected chi connectivity index (χ4v) is 4.06. The molecule has 0 fully saturated rings. The number of hydrogen-bond donors (Lipinski definition) is 0. The predicted octanol–water partition coefficient (Wildman–Crippen LogP) is 4.19. The third kappa shape index (κ3) is 4.63. The smallest absolute Gasteiger partial charge is 0.264 e. The summed E-state index contributed by atoms with van der Waals surface area (Å²) in [7, 11) is 0. The summed E-state index contributed by atoms with van der Waals surface area (Å²) < 4.78 is 11.3. The first-order valence-electron chi connectivity index (χ1n) is 9.03. The first kappa shape index (κ1) is 19.3. The second kappa shape index (κ2) is 8.95. The Morgan fingerprint density at radius 3 is 2.81 bits per heavy atom. The highest BCUT2D eigenvalue weighted by Gasteiger charge is 2.24. The number of aldehydes is 1. The molecule has 3 rings (SSSR count). The minimum atomic E-state index is -0.0981. The minimum Gasteiger partial charge on any atom is -0.490 e. The Bertz CT molecular complexity index is 824. The van der Waals surface area contributed by atoms with Gasteiger partial charge in [0, 0.05) is 22.3 Å². The topological polar surface area (TPSA) is 55.8 Å². The maximum absolute atomic E-state index is 12.9. The van der Waals surface area contributed by atoms with E-state index in [0.29, 0.717) is 35.5 Å². The second-order valence-corrected chi connectivity index (χ2v) is 7.76. The Morgan fingerprint density at radius 2 is 2.04 bits per heavy atom. The van der Waals surface area contributed by atoms with E-state index >= 15 is 0 Å². The fourth-order valence-electron chi connectivity index (χ4n) is 2.95. The molecular weight excluding hydrogens is 362 g/mol. The van der Waals surface area contributed by atoms with Crippen molar-refractivity contribution >= 4 is 29.6 Å². The summed E-state index contributed by atoms with van der Waals surface area (Å²) >= 11 is 1.79. The molecule has 0 unspecified atom stereocenters. The Kier molecular flexibility index (Phi) is 6.40. The third-order valence-corrected chi connectivity index (χ3v) is 5.54. The van der Waals surface area contributed by atoms with E-state index in [0.717, 1.165) is 23.3 Å². The van der Waals surface area contributed by atoms with Crippen molar-refractivity contribution < 1.29 is 19.1 Å². The van der Waals surface area contributed by atoms with E-state index in [1.165, 1.54) is 0 Å². The molecule has 0 bridgehead atoms. The quantitative estimate of drug-likeness (QED) is 0.698. The van der Waals surface area contributed by atoms with Crippen LogP contribution in [-0.2, 0) is 4.79 Å². The van der Waals surface area contributed by atoms with Crippen LogP contribution in [0.4, 0.5) is 5.69 Å². The number of ether oxygens (including phenoxy) is 2. The molecule has 142 valence electrons. The normalized spacial score (nSPS) is 16.2. The average molecular weight is 385 g/mol. The Balaban J connectivity index is 1.75. The van der Waals surface area contributed by atoms with Crippen molar-refractivity contribution in [1.82, 2.24) is 0 Å². The van der Waals surface area contributed by atoms with Crippen LogP contribution in [0.2, 0.25) is 0 Å². The first-order valence-corrected chi connectivity index (χ1v) is 9.91. The van der Waals surface area contributed by atoms with Crippen LogP contribution in [0.25, 0.3) is 0 Å². The number of para-hydroxylation sites is 1. The fraction of sp³-hybridized carbons (Fsp3) is 0.333. The number of rotatable bonds is 6. The number of amides is 1. The molecule has 1 amide bonds. The number of carbonyl (C=O) groups is 2. The maximum atomic E-state index is 12.9. The third-order valence-electron chi connectivity index (χ3n) is 4.30. The molecule has 0 spiro atoms. The van der Waals surface area contributed by atoms with Crippen LogP contribution in [0.15, 0.2) is 47.4 Å². The number of anilines is 1. The van der Waals surface area contributed by atoms with Crippen molar-refractivity contribution in [2.45, 2.75) is 30.4 Å². The number of nitrogens with zero attached hydrogens (tertiary/aromatic N) is 1. The van der Waals surface area contributed by atoms with E-state index in [4.69, 9.17) is 9.47 Å². The lowest BCUT2D eigenvalue weighted by atomic mass is 10.2. The van der Waals surface area contributed by atoms with E-state index in [2.05, 4.69) is 6.92 Å². The second-order valence-electron chi connectivity index (χ2n) is 6.28. The van der Waals surface area contributed by atoms with Gasteiger partial charge in [0.25, 0.3) is 5.91 Å². The Morgan fingerprint density at radius 1 is 1.22 bits per heavy atom. The highest BCUT2D eigenvalue weighted by Crippen LogP contribution is 2.37. The van der Waals surface area contributed by atoms with Crippen LogP contribution in [0.1, 0.15) is 30.6 Å². The van der Waals surface area contributed by atoms with Gasteiger partial charge in [0.2, 0.25) is 0 Å². The average Bonchev–Trinajstić information content (AvgIpc) is 2.85. The zero-order valence-electron chi connectivity index (χ0n) is 15.5. The van der Waals surface area contributed by atoms with Crippen LogP contribution in [0, 0.1) is 0 Å². The molecule has 0 N–H and O–H groups in total. The molecule has 1 aliphatic rings. The summed E-state index contributed by atoms with van der Waals surface area (Å²) in [5.74, 6) is 0.830. The number of hydrogen-bond acceptors (Lipinski definition) is 5. The molecule has 0 aliphatic carbocycles. The van der Waals surface area contributed by atoms with Crippen LogP contribution >= 0.6 is 11.8 Å². The summed E-state index contributed by atoms with van der Waals surface area (Å²) in [6.07, 6.45) is 1.67. The standard InChI is InChI=1S/C21H23NO4S/c1-3-25-19-12-16(13-23)8-9-18(19)26-14-21(24)22-11-10-15(2)27-20-7-5-4-6-17(20)22/h4-9,12-13,15H,3,10-11,14H2,1-2H3/t15-/m0/s1. The zero-order valence-corrected chi connectivity index (χ0v) is 16.3. The van der Waals surface area contributed by atoms with Crippen molar-refractivity contribution in [3.8, 4) is 11.5 Å². The highest BCUT2D eigenvalue weighted by molar-refractivity contribution is 8.00. The number of fused-ring (bicyclic) bond motifs is 1. The molecular formula is C21H23NO4S. The van der Waals surface area contributed by atoms with Crippen molar-refractivity contribution in [1.29, 1.82) is 0 Å². The number of benzene rings is 2. The van der Waals surface area contributed by atoms with E-state index < -0.39 is 0 Å². The zero-order chi connectivity index (χ0) is 19.2. The van der Waals surface area contributed by atoms with E-state index in [1.807, 2.05) is 31.2 Å².